The van der Waals surface area contributed by atoms with Crippen molar-refractivity contribution in [3.05, 3.63) is 12.3 Å². The monoisotopic (exact) mass is 220 g/mol. The maximum absolute atomic E-state index is 9.67. The number of hydrogen-bond acceptors (Lipinski definition) is 3. The van der Waals surface area contributed by atoms with E-state index in [1.165, 1.54) is 12.8 Å². The lowest BCUT2D eigenvalue weighted by molar-refractivity contribution is 0.0168. The van der Waals surface area contributed by atoms with Gasteiger partial charge in [-0.3, -0.25) is 4.99 Å². The Morgan fingerprint density at radius 3 is 2.88 bits per heavy atom. The van der Waals surface area contributed by atoms with Crippen molar-refractivity contribution >= 4 is 6.21 Å². The van der Waals surface area contributed by atoms with E-state index < -0.39 is 0 Å². The third-order valence-electron chi connectivity index (χ3n) is 4.46. The predicted octanol–water partition coefficient (Wildman–Crippen LogP) is 1.93. The minimum absolute atomic E-state index is 0.0688. The van der Waals surface area contributed by atoms with Gasteiger partial charge in [0.25, 0.3) is 0 Å². The highest BCUT2D eigenvalue weighted by molar-refractivity contribution is 5.62. The maximum atomic E-state index is 9.67. The van der Waals surface area contributed by atoms with Gasteiger partial charge in [0.05, 0.1) is 12.6 Å². The molecular weight excluding hydrogens is 200 g/mol. The summed E-state index contributed by atoms with van der Waals surface area (Å²) in [5.74, 6) is 0. The van der Waals surface area contributed by atoms with Gasteiger partial charge >= 0.3 is 0 Å². The number of fused-ring (bicyclic) bond motifs is 2. The largest absolute Gasteiger partial charge is 0.393 e. The minimum atomic E-state index is -0.0688. The van der Waals surface area contributed by atoms with Crippen LogP contribution in [0.3, 0.4) is 0 Å². The van der Waals surface area contributed by atoms with Crippen LogP contribution in [0.15, 0.2) is 17.3 Å². The molecule has 88 valence electrons. The second kappa shape index (κ2) is 3.88. The molecular formula is C13H20N2O. The van der Waals surface area contributed by atoms with Gasteiger partial charge in [-0.1, -0.05) is 6.08 Å². The Morgan fingerprint density at radius 1 is 1.25 bits per heavy atom. The second-order valence-electron chi connectivity index (χ2n) is 5.42. The van der Waals surface area contributed by atoms with Gasteiger partial charge in [-0.05, 0) is 44.7 Å². The average molecular weight is 220 g/mol. The third kappa shape index (κ3) is 1.58. The van der Waals surface area contributed by atoms with Gasteiger partial charge in [0.2, 0.25) is 0 Å². The third-order valence-corrected chi connectivity index (χ3v) is 4.46. The van der Waals surface area contributed by atoms with E-state index in [1.807, 2.05) is 6.21 Å². The molecule has 0 saturated heterocycles. The van der Waals surface area contributed by atoms with Gasteiger partial charge in [-0.15, -0.1) is 0 Å². The summed E-state index contributed by atoms with van der Waals surface area (Å²) in [6, 6.07) is 0. The molecule has 1 N–H and O–H groups in total. The first-order valence-electron chi connectivity index (χ1n) is 6.42. The molecule has 16 heavy (non-hydrogen) atoms. The van der Waals surface area contributed by atoms with E-state index in [-0.39, 0.29) is 6.10 Å². The van der Waals surface area contributed by atoms with Crippen LogP contribution in [0.1, 0.15) is 38.5 Å². The minimum Gasteiger partial charge on any atom is -0.393 e. The molecule has 2 aliphatic heterocycles. The van der Waals surface area contributed by atoms with Crippen LogP contribution in [-0.2, 0) is 0 Å². The molecule has 1 saturated carbocycles. The van der Waals surface area contributed by atoms with E-state index in [0.717, 1.165) is 32.2 Å². The summed E-state index contributed by atoms with van der Waals surface area (Å²) < 4.78 is 0. The van der Waals surface area contributed by atoms with Gasteiger partial charge in [-0.2, -0.15) is 0 Å². The number of hydrogen-bond donors (Lipinski definition) is 1. The number of aliphatic hydroxyl groups is 1. The van der Waals surface area contributed by atoms with E-state index >= 15 is 0 Å². The molecule has 1 unspecified atom stereocenters. The summed E-state index contributed by atoms with van der Waals surface area (Å²) in [4.78, 5) is 7.05. The molecule has 0 aromatic rings. The molecule has 3 heteroatoms. The first kappa shape index (κ1) is 10.3. The van der Waals surface area contributed by atoms with Crippen molar-refractivity contribution < 1.29 is 5.11 Å². The molecule has 1 atom stereocenters. The number of rotatable bonds is 0. The van der Waals surface area contributed by atoms with Crippen LogP contribution in [0.5, 0.6) is 0 Å². The summed E-state index contributed by atoms with van der Waals surface area (Å²) in [5, 5.41) is 9.67. The topological polar surface area (TPSA) is 35.8 Å². The van der Waals surface area contributed by atoms with Gasteiger partial charge in [0, 0.05) is 11.6 Å². The summed E-state index contributed by atoms with van der Waals surface area (Å²) in [5.41, 5.74) is 0.329. The van der Waals surface area contributed by atoms with Crippen molar-refractivity contribution in [3.63, 3.8) is 0 Å². The zero-order chi connectivity index (χ0) is 11.0. The smallest absolute Gasteiger partial charge is 0.126 e. The zero-order valence-electron chi connectivity index (χ0n) is 9.68. The molecule has 3 aliphatic rings. The molecule has 0 amide bonds. The number of aliphatic imine (C=N–C) groups is 1. The molecule has 1 fully saturated rings. The lowest BCUT2D eigenvalue weighted by Crippen LogP contribution is -2.44. The maximum Gasteiger partial charge on any atom is 0.126 e. The lowest BCUT2D eigenvalue weighted by atomic mass is 9.68. The van der Waals surface area contributed by atoms with Gasteiger partial charge in [-0.25, -0.2) is 0 Å². The molecule has 0 radical (unpaired) electrons. The number of aliphatic hydroxyl groups excluding tert-OH is 1. The first-order chi connectivity index (χ1) is 7.80. The Labute approximate surface area is 96.9 Å². The highest BCUT2D eigenvalue weighted by Gasteiger charge is 2.45. The van der Waals surface area contributed by atoms with Crippen LogP contribution in [0.25, 0.3) is 0 Å². The Hall–Kier alpha value is -0.830. The van der Waals surface area contributed by atoms with Crippen LogP contribution in [0.2, 0.25) is 0 Å². The highest BCUT2D eigenvalue weighted by atomic mass is 16.3. The molecule has 0 aromatic heterocycles. The molecule has 1 aliphatic carbocycles. The Balaban J connectivity index is 1.85. The van der Waals surface area contributed by atoms with E-state index in [4.69, 9.17) is 0 Å². The van der Waals surface area contributed by atoms with Gasteiger partial charge < -0.3 is 10.0 Å². The molecule has 0 bridgehead atoms. The summed E-state index contributed by atoms with van der Waals surface area (Å²) in [6.45, 7) is 0.964. The van der Waals surface area contributed by atoms with Gasteiger partial charge in [0.1, 0.15) is 6.17 Å². The first-order valence-corrected chi connectivity index (χ1v) is 6.42. The van der Waals surface area contributed by atoms with Crippen molar-refractivity contribution in [2.75, 3.05) is 6.54 Å². The summed E-state index contributed by atoms with van der Waals surface area (Å²) in [7, 11) is 0. The molecule has 3 nitrogen and oxygen atoms in total. The van der Waals surface area contributed by atoms with Crippen molar-refractivity contribution in [2.24, 2.45) is 10.4 Å². The summed E-state index contributed by atoms with van der Waals surface area (Å²) >= 11 is 0. The van der Waals surface area contributed by atoms with E-state index in [2.05, 4.69) is 22.2 Å². The fraction of sp³-hybridized carbons (Fsp3) is 0.769. The second-order valence-corrected chi connectivity index (χ2v) is 5.42. The predicted molar refractivity (Wildman–Crippen MR) is 64.3 cm³/mol. The van der Waals surface area contributed by atoms with Crippen molar-refractivity contribution in [2.45, 2.75) is 50.8 Å². The van der Waals surface area contributed by atoms with Crippen molar-refractivity contribution in [1.82, 2.24) is 4.90 Å². The van der Waals surface area contributed by atoms with Crippen LogP contribution < -0.4 is 0 Å². The Bertz CT molecular complexity index is 316. The normalized spacial score (nSPS) is 42.4. The molecule has 0 aromatic carbocycles. The quantitative estimate of drug-likeness (QED) is 0.677. The lowest BCUT2D eigenvalue weighted by Gasteiger charge is -2.44. The van der Waals surface area contributed by atoms with E-state index in [0.29, 0.717) is 11.6 Å². The van der Waals surface area contributed by atoms with Crippen LogP contribution >= 0.6 is 0 Å². The van der Waals surface area contributed by atoms with Crippen LogP contribution in [-0.4, -0.2) is 35.0 Å². The van der Waals surface area contributed by atoms with E-state index in [9.17, 15) is 5.11 Å². The van der Waals surface area contributed by atoms with Gasteiger partial charge in [0.15, 0.2) is 0 Å². The Kier molecular flexibility index (Phi) is 2.51. The molecule has 1 spiro atoms. The fourth-order valence-corrected chi connectivity index (χ4v) is 3.47. The highest BCUT2D eigenvalue weighted by Crippen LogP contribution is 2.47. The fourth-order valence-electron chi connectivity index (χ4n) is 3.47. The molecule has 3 rings (SSSR count). The number of allylic oxidation sites excluding steroid dienone is 1. The SMILES string of the molecule is OC1CCC2(CCC=CN3CC=NC32)CC1. The van der Waals surface area contributed by atoms with Crippen molar-refractivity contribution in [3.8, 4) is 0 Å². The summed E-state index contributed by atoms with van der Waals surface area (Å²) in [6.07, 6.45) is 13.4. The average Bonchev–Trinajstić information content (AvgIpc) is 2.71. The van der Waals surface area contributed by atoms with Crippen LogP contribution in [0, 0.1) is 5.41 Å². The van der Waals surface area contributed by atoms with E-state index in [1.54, 1.807) is 0 Å². The number of nitrogens with zero attached hydrogens (tertiary/aromatic N) is 2. The Morgan fingerprint density at radius 2 is 2.06 bits per heavy atom. The van der Waals surface area contributed by atoms with Crippen LogP contribution in [0.4, 0.5) is 0 Å². The standard InChI is InChI=1S/C13H20N2O/c16-11-3-6-13(7-4-11)5-1-2-9-15-10-8-14-12(13)15/h2,8-9,11-12,16H,1,3-7,10H2. The molecule has 2 heterocycles. The zero-order valence-corrected chi connectivity index (χ0v) is 9.68. The van der Waals surface area contributed by atoms with Crippen molar-refractivity contribution in [1.29, 1.82) is 0 Å².